The first kappa shape index (κ1) is 10.3. The Morgan fingerprint density at radius 1 is 1.07 bits per heavy atom. The predicted octanol–water partition coefficient (Wildman–Crippen LogP) is 3.59. The second-order valence-electron chi connectivity index (χ2n) is 3.98. The molecule has 1 heteroatoms. The van der Waals surface area contributed by atoms with Gasteiger partial charge in [-0.05, 0) is 0 Å². The number of hydrogen-bond donors (Lipinski definition) is 0. The van der Waals surface area contributed by atoms with Gasteiger partial charge in [0, 0.05) is 0 Å². The van der Waals surface area contributed by atoms with Crippen molar-refractivity contribution in [3.8, 4) is 0 Å². The van der Waals surface area contributed by atoms with Crippen molar-refractivity contribution in [3.05, 3.63) is 47.0 Å². The topological polar surface area (TPSA) is 0 Å². The first-order chi connectivity index (χ1) is 6.77. The molecule has 0 spiro atoms. The average molecular weight is 300 g/mol. The Morgan fingerprint density at radius 3 is 2.43 bits per heavy atom. The van der Waals surface area contributed by atoms with Crippen molar-refractivity contribution in [1.82, 2.24) is 0 Å². The molecule has 0 radical (unpaired) electrons. The van der Waals surface area contributed by atoms with Crippen LogP contribution in [0.4, 0.5) is 0 Å². The van der Waals surface area contributed by atoms with Gasteiger partial charge in [0.15, 0.2) is 0 Å². The fraction of sp³-hybridized carbons (Fsp3) is 0.385. The van der Waals surface area contributed by atoms with E-state index in [9.17, 15) is 0 Å². The summed E-state index contributed by atoms with van der Waals surface area (Å²) >= 11 is 0.166. The Morgan fingerprint density at radius 2 is 1.79 bits per heavy atom. The van der Waals surface area contributed by atoms with Crippen LogP contribution in [0.2, 0.25) is 4.47 Å². The average Bonchev–Trinajstić information content (AvgIpc) is 2.23. The van der Waals surface area contributed by atoms with E-state index >= 15 is 0 Å². The standard InChI is InChI=1S/C13H16Te/c1-10-8-13(14-9-11(10)2)12-6-4-3-5-7-12/h3-7,13H,8-9H2,1-2H3. The van der Waals surface area contributed by atoms with Crippen LogP contribution in [-0.4, -0.2) is 20.9 Å². The normalized spacial score (nSPS) is 22.6. The zero-order chi connectivity index (χ0) is 9.97. The third-order valence-corrected chi connectivity index (χ3v) is 7.00. The zero-order valence-corrected chi connectivity index (χ0v) is 11.1. The van der Waals surface area contributed by atoms with Crippen LogP contribution < -0.4 is 0 Å². The van der Waals surface area contributed by atoms with Crippen LogP contribution in [0.5, 0.6) is 0 Å². The van der Waals surface area contributed by atoms with E-state index in [-0.39, 0.29) is 20.9 Å². The van der Waals surface area contributed by atoms with Crippen molar-refractivity contribution in [2.45, 2.75) is 28.7 Å². The van der Waals surface area contributed by atoms with Crippen molar-refractivity contribution < 1.29 is 0 Å². The second kappa shape index (κ2) is 4.51. The maximum absolute atomic E-state index is 2.31. The summed E-state index contributed by atoms with van der Waals surface area (Å²) in [6.07, 6.45) is 1.32. The molecule has 0 saturated carbocycles. The van der Waals surface area contributed by atoms with Gasteiger partial charge in [0.25, 0.3) is 0 Å². The third-order valence-electron chi connectivity index (χ3n) is 2.89. The first-order valence-corrected chi connectivity index (χ1v) is 8.08. The molecule has 0 amide bonds. The Kier molecular flexibility index (Phi) is 3.31. The molecule has 1 aromatic rings. The summed E-state index contributed by atoms with van der Waals surface area (Å²) < 4.78 is 2.31. The Labute approximate surface area is 96.5 Å². The minimum absolute atomic E-state index is 0.166. The van der Waals surface area contributed by atoms with E-state index in [1.165, 1.54) is 10.9 Å². The molecular weight excluding hydrogens is 284 g/mol. The summed E-state index contributed by atoms with van der Waals surface area (Å²) in [5, 5.41) is 0. The summed E-state index contributed by atoms with van der Waals surface area (Å²) in [5.41, 5.74) is 4.87. The van der Waals surface area contributed by atoms with Crippen molar-refractivity contribution in [3.63, 3.8) is 0 Å². The van der Waals surface area contributed by atoms with E-state index in [1.807, 2.05) is 0 Å². The number of hydrogen-bond acceptors (Lipinski definition) is 0. The van der Waals surface area contributed by atoms with Crippen LogP contribution in [0.25, 0.3) is 0 Å². The van der Waals surface area contributed by atoms with Crippen molar-refractivity contribution >= 4 is 20.9 Å². The van der Waals surface area contributed by atoms with Crippen LogP contribution >= 0.6 is 0 Å². The van der Waals surface area contributed by atoms with Crippen LogP contribution in [0, 0.1) is 0 Å². The van der Waals surface area contributed by atoms with E-state index in [0.29, 0.717) is 0 Å². The molecule has 1 unspecified atom stereocenters. The predicted molar refractivity (Wildman–Crippen MR) is 62.7 cm³/mol. The summed E-state index contributed by atoms with van der Waals surface area (Å²) in [7, 11) is 0. The van der Waals surface area contributed by atoms with Gasteiger partial charge in [0.2, 0.25) is 0 Å². The molecule has 0 saturated heterocycles. The molecule has 1 atom stereocenters. The van der Waals surface area contributed by atoms with Gasteiger partial charge in [-0.15, -0.1) is 0 Å². The summed E-state index contributed by atoms with van der Waals surface area (Å²) in [5.74, 6) is 0. The molecule has 0 fully saturated rings. The van der Waals surface area contributed by atoms with Gasteiger partial charge in [-0.1, -0.05) is 0 Å². The van der Waals surface area contributed by atoms with Crippen molar-refractivity contribution in [2.24, 2.45) is 0 Å². The SMILES string of the molecule is CC1=C(C)CC(c2ccccc2)[Te]C1. The fourth-order valence-electron chi connectivity index (χ4n) is 1.74. The van der Waals surface area contributed by atoms with E-state index in [4.69, 9.17) is 0 Å². The minimum atomic E-state index is 0.166. The Bertz CT molecular complexity index is 338. The van der Waals surface area contributed by atoms with Crippen molar-refractivity contribution in [1.29, 1.82) is 0 Å². The molecule has 14 heavy (non-hydrogen) atoms. The van der Waals surface area contributed by atoms with Gasteiger partial charge >= 0.3 is 96.7 Å². The molecule has 74 valence electrons. The van der Waals surface area contributed by atoms with Crippen molar-refractivity contribution in [2.75, 3.05) is 0 Å². The van der Waals surface area contributed by atoms with Gasteiger partial charge < -0.3 is 0 Å². The molecule has 0 aromatic heterocycles. The molecule has 1 aliphatic rings. The second-order valence-corrected chi connectivity index (χ2v) is 7.37. The first-order valence-electron chi connectivity index (χ1n) is 5.09. The molecule has 0 aliphatic carbocycles. The van der Waals surface area contributed by atoms with E-state index in [1.54, 1.807) is 16.7 Å². The van der Waals surface area contributed by atoms with Crippen LogP contribution in [0.15, 0.2) is 41.5 Å². The fourth-order valence-corrected chi connectivity index (χ4v) is 5.78. The molecule has 2 rings (SSSR count). The number of benzene rings is 1. The summed E-state index contributed by atoms with van der Waals surface area (Å²) in [4.78, 5) is 0. The maximum atomic E-state index is 2.31. The molecule has 0 nitrogen and oxygen atoms in total. The van der Waals surface area contributed by atoms with Crippen LogP contribution in [-0.2, 0) is 0 Å². The van der Waals surface area contributed by atoms with E-state index < -0.39 is 0 Å². The molecule has 1 heterocycles. The molecule has 0 N–H and O–H groups in total. The van der Waals surface area contributed by atoms with Gasteiger partial charge in [-0.25, -0.2) is 0 Å². The van der Waals surface area contributed by atoms with Gasteiger partial charge in [-0.2, -0.15) is 0 Å². The van der Waals surface area contributed by atoms with E-state index in [0.717, 1.165) is 3.97 Å². The third kappa shape index (κ3) is 2.22. The Balaban J connectivity index is 2.17. The molecule has 0 bridgehead atoms. The molecular formula is C13H16Te. The van der Waals surface area contributed by atoms with Crippen LogP contribution in [0.3, 0.4) is 0 Å². The number of rotatable bonds is 1. The van der Waals surface area contributed by atoms with E-state index in [2.05, 4.69) is 44.2 Å². The monoisotopic (exact) mass is 302 g/mol. The molecule has 1 aliphatic heterocycles. The zero-order valence-electron chi connectivity index (χ0n) is 8.79. The Hall–Kier alpha value is -0.250. The van der Waals surface area contributed by atoms with Gasteiger partial charge in [0.1, 0.15) is 0 Å². The quantitative estimate of drug-likeness (QED) is 0.549. The summed E-state index contributed by atoms with van der Waals surface area (Å²) in [6.45, 7) is 4.61. The number of allylic oxidation sites excluding steroid dienone is 2. The molecule has 1 aromatic carbocycles. The van der Waals surface area contributed by atoms with Gasteiger partial charge in [-0.3, -0.25) is 0 Å². The summed E-state index contributed by atoms with van der Waals surface area (Å²) in [6, 6.07) is 11.0. The van der Waals surface area contributed by atoms with Crippen LogP contribution in [0.1, 0.15) is 29.8 Å². The van der Waals surface area contributed by atoms with Gasteiger partial charge in [0.05, 0.1) is 0 Å².